The zero-order chi connectivity index (χ0) is 11.6. The molecule has 0 radical (unpaired) electrons. The Balaban J connectivity index is 1.82. The highest BCUT2D eigenvalue weighted by Crippen LogP contribution is 2.35. The van der Waals surface area contributed by atoms with Gasteiger partial charge in [-0.05, 0) is 31.6 Å². The monoisotopic (exact) mass is 222 g/mol. The molecule has 1 heterocycles. The van der Waals surface area contributed by atoms with Crippen LogP contribution in [0.15, 0.2) is 10.6 Å². The van der Waals surface area contributed by atoms with Crippen molar-refractivity contribution in [1.82, 2.24) is 10.5 Å². The Kier molecular flexibility index (Phi) is 3.33. The maximum Gasteiger partial charge on any atom is 0.133 e. The molecule has 0 bridgehead atoms. The summed E-state index contributed by atoms with van der Waals surface area (Å²) in [6, 6.07) is 2.64. The van der Waals surface area contributed by atoms with E-state index < -0.39 is 0 Å². The molecule has 1 aliphatic carbocycles. The van der Waals surface area contributed by atoms with Gasteiger partial charge in [0.05, 0.1) is 5.69 Å². The zero-order valence-corrected chi connectivity index (χ0v) is 10.5. The maximum atomic E-state index is 5.06. The summed E-state index contributed by atoms with van der Waals surface area (Å²) in [6.07, 6.45) is 5.25. The molecule has 1 atom stereocenters. The van der Waals surface area contributed by atoms with Crippen molar-refractivity contribution in [3.63, 3.8) is 0 Å². The van der Waals surface area contributed by atoms with E-state index in [9.17, 15) is 0 Å². The average molecular weight is 222 g/mol. The fraction of sp³-hybridized carbons (Fsp3) is 0.769. The highest BCUT2D eigenvalue weighted by molar-refractivity contribution is 5.03. The minimum Gasteiger partial charge on any atom is -0.361 e. The van der Waals surface area contributed by atoms with Crippen molar-refractivity contribution in [1.29, 1.82) is 0 Å². The highest BCUT2D eigenvalue weighted by atomic mass is 16.5. The standard InChI is InChI=1S/C13H22N2O/c1-10-7-12(15-16-10)9-14-11-5-4-6-13(2,3)8-11/h7,11,14H,4-6,8-9H2,1-3H3. The molecular weight excluding hydrogens is 200 g/mol. The molecule has 90 valence electrons. The van der Waals surface area contributed by atoms with Gasteiger partial charge in [0.25, 0.3) is 0 Å². The summed E-state index contributed by atoms with van der Waals surface area (Å²) >= 11 is 0. The SMILES string of the molecule is Cc1cc(CNC2CCCC(C)(C)C2)no1. The second-order valence-corrected chi connectivity index (χ2v) is 5.77. The summed E-state index contributed by atoms with van der Waals surface area (Å²) in [5.74, 6) is 0.890. The van der Waals surface area contributed by atoms with E-state index in [0.29, 0.717) is 11.5 Å². The number of hydrogen-bond donors (Lipinski definition) is 1. The third-order valence-corrected chi connectivity index (χ3v) is 3.45. The van der Waals surface area contributed by atoms with E-state index in [2.05, 4.69) is 24.3 Å². The first-order valence-electron chi connectivity index (χ1n) is 6.21. The molecule has 1 aromatic rings. The summed E-state index contributed by atoms with van der Waals surface area (Å²) in [5.41, 5.74) is 1.51. The summed E-state index contributed by atoms with van der Waals surface area (Å²) in [7, 11) is 0. The summed E-state index contributed by atoms with van der Waals surface area (Å²) in [6.45, 7) is 7.49. The molecule has 1 fully saturated rings. The van der Waals surface area contributed by atoms with Crippen molar-refractivity contribution in [3.8, 4) is 0 Å². The first kappa shape index (κ1) is 11.6. The lowest BCUT2D eigenvalue weighted by molar-refractivity contribution is 0.197. The molecule has 1 aromatic heterocycles. The predicted octanol–water partition coefficient (Wildman–Crippen LogP) is 3.04. The average Bonchev–Trinajstić information content (AvgIpc) is 2.60. The molecule has 1 saturated carbocycles. The van der Waals surface area contributed by atoms with E-state index in [1.165, 1.54) is 25.7 Å². The van der Waals surface area contributed by atoms with Crippen molar-refractivity contribution < 1.29 is 4.52 Å². The summed E-state index contributed by atoms with van der Waals surface area (Å²) < 4.78 is 5.06. The molecule has 0 amide bonds. The van der Waals surface area contributed by atoms with Gasteiger partial charge in [-0.1, -0.05) is 25.4 Å². The van der Waals surface area contributed by atoms with Crippen LogP contribution in [0, 0.1) is 12.3 Å². The number of aromatic nitrogens is 1. The zero-order valence-electron chi connectivity index (χ0n) is 10.5. The Morgan fingerprint density at radius 3 is 3.00 bits per heavy atom. The van der Waals surface area contributed by atoms with E-state index in [-0.39, 0.29) is 0 Å². The predicted molar refractivity (Wildman–Crippen MR) is 64.1 cm³/mol. The van der Waals surface area contributed by atoms with Gasteiger partial charge in [-0.3, -0.25) is 0 Å². The minimum absolute atomic E-state index is 0.496. The van der Waals surface area contributed by atoms with Gasteiger partial charge in [0.15, 0.2) is 0 Å². The van der Waals surface area contributed by atoms with Crippen LogP contribution in [0.1, 0.15) is 51.0 Å². The fourth-order valence-corrected chi connectivity index (χ4v) is 2.62. The van der Waals surface area contributed by atoms with Crippen LogP contribution in [0.5, 0.6) is 0 Å². The molecule has 0 spiro atoms. The minimum atomic E-state index is 0.496. The van der Waals surface area contributed by atoms with Crippen LogP contribution < -0.4 is 5.32 Å². The van der Waals surface area contributed by atoms with Gasteiger partial charge in [-0.25, -0.2) is 0 Å². The second-order valence-electron chi connectivity index (χ2n) is 5.77. The lowest BCUT2D eigenvalue weighted by Crippen LogP contribution is -2.36. The maximum absolute atomic E-state index is 5.06. The van der Waals surface area contributed by atoms with E-state index in [1.54, 1.807) is 0 Å². The third kappa shape index (κ3) is 3.08. The first-order valence-corrected chi connectivity index (χ1v) is 6.21. The van der Waals surface area contributed by atoms with Gasteiger partial charge in [-0.2, -0.15) is 0 Å². The van der Waals surface area contributed by atoms with Crippen molar-refractivity contribution in [2.45, 2.75) is 59.0 Å². The molecular formula is C13H22N2O. The Hall–Kier alpha value is -0.830. The lowest BCUT2D eigenvalue weighted by Gasteiger charge is -2.35. The molecule has 1 unspecified atom stereocenters. The smallest absolute Gasteiger partial charge is 0.133 e. The van der Waals surface area contributed by atoms with E-state index in [0.717, 1.165) is 18.0 Å². The fourth-order valence-electron chi connectivity index (χ4n) is 2.62. The molecule has 1 N–H and O–H groups in total. The quantitative estimate of drug-likeness (QED) is 0.854. The molecule has 3 heteroatoms. The summed E-state index contributed by atoms with van der Waals surface area (Å²) in [4.78, 5) is 0. The first-order chi connectivity index (χ1) is 7.55. The molecule has 1 aliphatic rings. The van der Waals surface area contributed by atoms with Crippen LogP contribution >= 0.6 is 0 Å². The van der Waals surface area contributed by atoms with Crippen LogP contribution in [0.2, 0.25) is 0 Å². The van der Waals surface area contributed by atoms with Gasteiger partial charge < -0.3 is 9.84 Å². The molecule has 0 aromatic carbocycles. The highest BCUT2D eigenvalue weighted by Gasteiger charge is 2.27. The molecule has 0 aliphatic heterocycles. The molecule has 0 saturated heterocycles. The number of nitrogens with zero attached hydrogens (tertiary/aromatic N) is 1. The number of aryl methyl sites for hydroxylation is 1. The Morgan fingerprint density at radius 2 is 2.38 bits per heavy atom. The topological polar surface area (TPSA) is 38.1 Å². The largest absolute Gasteiger partial charge is 0.361 e. The van der Waals surface area contributed by atoms with E-state index >= 15 is 0 Å². The van der Waals surface area contributed by atoms with Crippen LogP contribution in [-0.2, 0) is 6.54 Å². The number of rotatable bonds is 3. The Bertz CT molecular complexity index is 343. The van der Waals surface area contributed by atoms with Crippen molar-refractivity contribution >= 4 is 0 Å². The normalized spacial score (nSPS) is 24.6. The number of nitrogens with one attached hydrogen (secondary N) is 1. The van der Waals surface area contributed by atoms with Gasteiger partial charge in [0.2, 0.25) is 0 Å². The van der Waals surface area contributed by atoms with Gasteiger partial charge in [0.1, 0.15) is 5.76 Å². The van der Waals surface area contributed by atoms with Crippen molar-refractivity contribution in [3.05, 3.63) is 17.5 Å². The lowest BCUT2D eigenvalue weighted by atomic mass is 9.75. The van der Waals surface area contributed by atoms with Crippen LogP contribution in [0.4, 0.5) is 0 Å². The molecule has 16 heavy (non-hydrogen) atoms. The summed E-state index contributed by atoms with van der Waals surface area (Å²) in [5, 5.41) is 7.58. The van der Waals surface area contributed by atoms with E-state index in [4.69, 9.17) is 4.52 Å². The third-order valence-electron chi connectivity index (χ3n) is 3.45. The van der Waals surface area contributed by atoms with E-state index in [1.807, 2.05) is 13.0 Å². The van der Waals surface area contributed by atoms with Crippen LogP contribution in [-0.4, -0.2) is 11.2 Å². The van der Waals surface area contributed by atoms with Gasteiger partial charge in [0, 0.05) is 18.7 Å². The second kappa shape index (κ2) is 4.58. The van der Waals surface area contributed by atoms with Gasteiger partial charge >= 0.3 is 0 Å². The Labute approximate surface area is 97.6 Å². The Morgan fingerprint density at radius 1 is 1.56 bits per heavy atom. The number of hydrogen-bond acceptors (Lipinski definition) is 3. The molecule has 3 nitrogen and oxygen atoms in total. The van der Waals surface area contributed by atoms with Crippen molar-refractivity contribution in [2.75, 3.05) is 0 Å². The molecule has 2 rings (SSSR count). The van der Waals surface area contributed by atoms with Crippen molar-refractivity contribution in [2.24, 2.45) is 5.41 Å². The van der Waals surface area contributed by atoms with Crippen LogP contribution in [0.3, 0.4) is 0 Å². The van der Waals surface area contributed by atoms with Crippen LogP contribution in [0.25, 0.3) is 0 Å². The van der Waals surface area contributed by atoms with Gasteiger partial charge in [-0.15, -0.1) is 0 Å².